The van der Waals surface area contributed by atoms with Crippen LogP contribution in [0.2, 0.25) is 0 Å². The van der Waals surface area contributed by atoms with Crippen LogP contribution in [-0.2, 0) is 17.8 Å². The van der Waals surface area contributed by atoms with E-state index in [1.165, 1.54) is 18.4 Å². The van der Waals surface area contributed by atoms with Crippen molar-refractivity contribution in [1.82, 2.24) is 15.2 Å². The van der Waals surface area contributed by atoms with E-state index in [0.29, 0.717) is 12.0 Å². The van der Waals surface area contributed by atoms with Gasteiger partial charge >= 0.3 is 0 Å². The van der Waals surface area contributed by atoms with E-state index in [1.54, 1.807) is 0 Å². The number of hydrogen-bond acceptors (Lipinski definition) is 4. The van der Waals surface area contributed by atoms with Crippen LogP contribution >= 0.6 is 0 Å². The SMILES string of the molecule is CC(C)CNCc1ccc(CN(C)CC2CCCO2)nc1. The van der Waals surface area contributed by atoms with E-state index in [9.17, 15) is 0 Å². The lowest BCUT2D eigenvalue weighted by atomic mass is 10.2. The molecule has 1 aromatic heterocycles. The Morgan fingerprint density at radius 3 is 2.90 bits per heavy atom. The van der Waals surface area contributed by atoms with E-state index < -0.39 is 0 Å². The van der Waals surface area contributed by atoms with Crippen LogP contribution in [0.3, 0.4) is 0 Å². The van der Waals surface area contributed by atoms with Crippen molar-refractivity contribution < 1.29 is 4.74 Å². The summed E-state index contributed by atoms with van der Waals surface area (Å²) in [6.45, 7) is 9.20. The average molecular weight is 291 g/mol. The molecule has 4 nitrogen and oxygen atoms in total. The van der Waals surface area contributed by atoms with Crippen molar-refractivity contribution in [3.63, 3.8) is 0 Å². The first-order valence-corrected chi connectivity index (χ1v) is 8.08. The van der Waals surface area contributed by atoms with Crippen molar-refractivity contribution in [2.45, 2.75) is 45.9 Å². The van der Waals surface area contributed by atoms with Gasteiger partial charge < -0.3 is 10.1 Å². The molecule has 1 N–H and O–H groups in total. The minimum Gasteiger partial charge on any atom is -0.377 e. The smallest absolute Gasteiger partial charge is 0.0702 e. The number of rotatable bonds is 8. The van der Waals surface area contributed by atoms with Crippen molar-refractivity contribution in [3.8, 4) is 0 Å². The van der Waals surface area contributed by atoms with Gasteiger partial charge in [-0.25, -0.2) is 0 Å². The molecule has 1 aliphatic rings. The standard InChI is InChI=1S/C17H29N3O/c1-14(2)9-18-10-15-6-7-16(19-11-15)12-20(3)13-17-5-4-8-21-17/h6-7,11,14,17-18H,4-5,8-10,12-13H2,1-3H3. The Balaban J connectivity index is 1.73. The number of likely N-dealkylation sites (N-methyl/N-ethyl adjacent to an activating group) is 1. The fourth-order valence-electron chi connectivity index (χ4n) is 2.64. The first-order valence-electron chi connectivity index (χ1n) is 8.08. The maximum atomic E-state index is 5.67. The van der Waals surface area contributed by atoms with Gasteiger partial charge in [0.05, 0.1) is 11.8 Å². The summed E-state index contributed by atoms with van der Waals surface area (Å²) in [6.07, 6.45) is 4.80. The van der Waals surface area contributed by atoms with Crippen molar-refractivity contribution in [2.24, 2.45) is 5.92 Å². The van der Waals surface area contributed by atoms with Crippen LogP contribution in [0.15, 0.2) is 18.3 Å². The van der Waals surface area contributed by atoms with E-state index in [4.69, 9.17) is 4.74 Å². The van der Waals surface area contributed by atoms with Crippen LogP contribution < -0.4 is 5.32 Å². The maximum Gasteiger partial charge on any atom is 0.0702 e. The molecule has 1 fully saturated rings. The molecule has 0 radical (unpaired) electrons. The van der Waals surface area contributed by atoms with Crippen molar-refractivity contribution in [3.05, 3.63) is 29.6 Å². The van der Waals surface area contributed by atoms with Gasteiger partial charge in [0.1, 0.15) is 0 Å². The highest BCUT2D eigenvalue weighted by Gasteiger charge is 2.17. The summed E-state index contributed by atoms with van der Waals surface area (Å²) in [5.41, 5.74) is 2.38. The van der Waals surface area contributed by atoms with Crippen LogP contribution in [0, 0.1) is 5.92 Å². The zero-order valence-corrected chi connectivity index (χ0v) is 13.6. The summed E-state index contributed by atoms with van der Waals surface area (Å²) in [4.78, 5) is 6.87. The van der Waals surface area contributed by atoms with E-state index in [2.05, 4.69) is 48.2 Å². The van der Waals surface area contributed by atoms with Crippen LogP contribution in [0.5, 0.6) is 0 Å². The van der Waals surface area contributed by atoms with Crippen molar-refractivity contribution in [1.29, 1.82) is 0 Å². The fourth-order valence-corrected chi connectivity index (χ4v) is 2.64. The van der Waals surface area contributed by atoms with Crippen LogP contribution in [0.25, 0.3) is 0 Å². The quantitative estimate of drug-likeness (QED) is 0.798. The Morgan fingerprint density at radius 1 is 1.43 bits per heavy atom. The monoisotopic (exact) mass is 291 g/mol. The van der Waals surface area contributed by atoms with E-state index in [-0.39, 0.29) is 0 Å². The van der Waals surface area contributed by atoms with Gasteiger partial charge in [0.25, 0.3) is 0 Å². The summed E-state index contributed by atoms with van der Waals surface area (Å²) in [5, 5.41) is 3.44. The molecule has 0 aliphatic carbocycles. The molecule has 1 aromatic rings. The summed E-state index contributed by atoms with van der Waals surface area (Å²) in [7, 11) is 2.14. The molecule has 1 saturated heterocycles. The van der Waals surface area contributed by atoms with Crippen molar-refractivity contribution in [2.75, 3.05) is 26.7 Å². The van der Waals surface area contributed by atoms with Gasteiger partial charge in [-0.15, -0.1) is 0 Å². The first kappa shape index (κ1) is 16.4. The largest absolute Gasteiger partial charge is 0.377 e. The number of pyridine rings is 1. The molecule has 0 aromatic carbocycles. The van der Waals surface area contributed by atoms with E-state index in [0.717, 1.165) is 38.5 Å². The first-order chi connectivity index (χ1) is 10.1. The Hall–Kier alpha value is -0.970. The fraction of sp³-hybridized carbons (Fsp3) is 0.706. The third-order valence-corrected chi connectivity index (χ3v) is 3.74. The summed E-state index contributed by atoms with van der Waals surface area (Å²) in [5.74, 6) is 0.684. The third-order valence-electron chi connectivity index (χ3n) is 3.74. The van der Waals surface area contributed by atoms with Gasteiger partial charge in [-0.1, -0.05) is 19.9 Å². The highest BCUT2D eigenvalue weighted by molar-refractivity contribution is 5.14. The van der Waals surface area contributed by atoms with Crippen LogP contribution in [0.1, 0.15) is 37.9 Å². The van der Waals surface area contributed by atoms with Gasteiger partial charge in [0.2, 0.25) is 0 Å². The zero-order chi connectivity index (χ0) is 15.1. The van der Waals surface area contributed by atoms with E-state index >= 15 is 0 Å². The molecule has 0 spiro atoms. The molecule has 21 heavy (non-hydrogen) atoms. The minimum atomic E-state index is 0.412. The van der Waals surface area contributed by atoms with Gasteiger partial charge in [-0.2, -0.15) is 0 Å². The Morgan fingerprint density at radius 2 is 2.29 bits per heavy atom. The Labute approximate surface area is 128 Å². The number of nitrogens with one attached hydrogen (secondary N) is 1. The Kier molecular flexibility index (Phi) is 6.61. The second kappa shape index (κ2) is 8.47. The second-order valence-electron chi connectivity index (χ2n) is 6.51. The molecule has 1 aliphatic heterocycles. The maximum absolute atomic E-state index is 5.67. The highest BCUT2D eigenvalue weighted by Crippen LogP contribution is 2.13. The molecule has 118 valence electrons. The summed E-state index contributed by atoms with van der Waals surface area (Å²) >= 11 is 0. The topological polar surface area (TPSA) is 37.4 Å². The number of hydrogen-bond donors (Lipinski definition) is 1. The predicted molar refractivity (Wildman–Crippen MR) is 86.1 cm³/mol. The lowest BCUT2D eigenvalue weighted by Gasteiger charge is -2.20. The van der Waals surface area contributed by atoms with Gasteiger partial charge in [-0.3, -0.25) is 9.88 Å². The molecule has 0 bridgehead atoms. The third kappa shape index (κ3) is 6.12. The highest BCUT2D eigenvalue weighted by atomic mass is 16.5. The predicted octanol–water partition coefficient (Wildman–Crippen LogP) is 2.44. The molecule has 2 rings (SSSR count). The minimum absolute atomic E-state index is 0.412. The van der Waals surface area contributed by atoms with Crippen LogP contribution in [-0.4, -0.2) is 42.7 Å². The van der Waals surface area contributed by atoms with Gasteiger partial charge in [0.15, 0.2) is 0 Å². The van der Waals surface area contributed by atoms with Gasteiger partial charge in [0, 0.05) is 32.4 Å². The Bertz CT molecular complexity index is 399. The van der Waals surface area contributed by atoms with E-state index in [1.807, 2.05) is 6.20 Å². The molecule has 1 unspecified atom stereocenters. The molecule has 1 atom stereocenters. The van der Waals surface area contributed by atoms with Gasteiger partial charge in [-0.05, 0) is 44.0 Å². The number of nitrogens with zero attached hydrogens (tertiary/aromatic N) is 2. The summed E-state index contributed by atoms with van der Waals surface area (Å²) < 4.78 is 5.67. The molecule has 0 amide bonds. The van der Waals surface area contributed by atoms with Crippen LogP contribution in [0.4, 0.5) is 0 Å². The van der Waals surface area contributed by atoms with Crippen molar-refractivity contribution >= 4 is 0 Å². The summed E-state index contributed by atoms with van der Waals surface area (Å²) in [6, 6.07) is 4.31. The molecule has 4 heteroatoms. The number of aromatic nitrogens is 1. The molecule has 2 heterocycles. The normalized spacial score (nSPS) is 18.8. The second-order valence-corrected chi connectivity index (χ2v) is 6.51. The lowest BCUT2D eigenvalue weighted by Crippen LogP contribution is -2.28. The number of ether oxygens (including phenoxy) is 1. The zero-order valence-electron chi connectivity index (χ0n) is 13.6. The molecule has 0 saturated carbocycles. The molecular formula is C17H29N3O. The average Bonchev–Trinajstić information content (AvgIpc) is 2.93. The lowest BCUT2D eigenvalue weighted by molar-refractivity contribution is 0.0790. The molecular weight excluding hydrogens is 262 g/mol.